The maximum atomic E-state index is 12.5. The molecule has 1 aliphatic rings. The highest BCUT2D eigenvalue weighted by Crippen LogP contribution is 2.31. The summed E-state index contributed by atoms with van der Waals surface area (Å²) in [5.41, 5.74) is 0.340. The number of benzene rings is 1. The Morgan fingerprint density at radius 1 is 1.41 bits per heavy atom. The minimum Gasteiger partial charge on any atom is -0.481 e. The van der Waals surface area contributed by atoms with Crippen LogP contribution in [0.25, 0.3) is 0 Å². The number of anilines is 1. The van der Waals surface area contributed by atoms with Crippen LogP contribution in [0.15, 0.2) is 29.2 Å². The fourth-order valence-electron chi connectivity index (χ4n) is 2.34. The summed E-state index contributed by atoms with van der Waals surface area (Å²) in [7, 11) is 0. The molecular weight excluding hydrogens is 314 g/mol. The van der Waals surface area contributed by atoms with Gasteiger partial charge in [-0.05, 0) is 25.1 Å². The first-order valence-corrected chi connectivity index (χ1v) is 7.62. The molecule has 0 spiro atoms. The van der Waals surface area contributed by atoms with Gasteiger partial charge in [0.05, 0.1) is 18.2 Å². The van der Waals surface area contributed by atoms with Gasteiger partial charge in [0.2, 0.25) is 5.91 Å². The van der Waals surface area contributed by atoms with Crippen molar-refractivity contribution in [2.24, 2.45) is 5.92 Å². The van der Waals surface area contributed by atoms with Crippen LogP contribution in [0.4, 0.5) is 14.5 Å². The van der Waals surface area contributed by atoms with Crippen LogP contribution in [0.1, 0.15) is 6.42 Å². The average molecular weight is 330 g/mol. The quantitative estimate of drug-likeness (QED) is 0.784. The van der Waals surface area contributed by atoms with E-state index in [4.69, 9.17) is 5.11 Å². The molecule has 1 unspecified atom stereocenters. The van der Waals surface area contributed by atoms with Crippen molar-refractivity contribution in [2.45, 2.75) is 17.1 Å². The molecule has 1 amide bonds. The number of amides is 1. The Morgan fingerprint density at radius 3 is 2.77 bits per heavy atom. The molecule has 0 aromatic heterocycles. The van der Waals surface area contributed by atoms with E-state index in [0.29, 0.717) is 41.9 Å². The lowest BCUT2D eigenvalue weighted by Gasteiger charge is -2.16. The van der Waals surface area contributed by atoms with Gasteiger partial charge in [0.15, 0.2) is 0 Å². The molecule has 22 heavy (non-hydrogen) atoms. The van der Waals surface area contributed by atoms with Crippen LogP contribution >= 0.6 is 11.8 Å². The fourth-order valence-corrected chi connectivity index (χ4v) is 2.93. The number of aliphatic carboxylic acids is 1. The molecule has 2 rings (SSSR count). The number of hydrogen-bond donors (Lipinski definition) is 2. The van der Waals surface area contributed by atoms with Gasteiger partial charge in [-0.25, -0.2) is 0 Å². The third-order valence-electron chi connectivity index (χ3n) is 3.37. The first kappa shape index (κ1) is 16.7. The number of alkyl halides is 2. The molecule has 0 aliphatic carbocycles. The van der Waals surface area contributed by atoms with Crippen LogP contribution in [-0.4, -0.2) is 47.3 Å². The number of likely N-dealkylation sites (tertiary alicyclic amines) is 1. The van der Waals surface area contributed by atoms with Crippen LogP contribution in [-0.2, 0) is 9.59 Å². The van der Waals surface area contributed by atoms with E-state index in [1.165, 1.54) is 6.07 Å². The summed E-state index contributed by atoms with van der Waals surface area (Å²) in [5.74, 6) is -4.21. The minimum atomic E-state index is -2.56. The number of thioether (sulfide) groups is 1. The molecule has 0 radical (unpaired) electrons. The van der Waals surface area contributed by atoms with Gasteiger partial charge in [-0.2, -0.15) is 8.78 Å². The lowest BCUT2D eigenvalue weighted by Crippen LogP contribution is -2.32. The second kappa shape index (κ2) is 7.55. The van der Waals surface area contributed by atoms with Gasteiger partial charge < -0.3 is 10.4 Å². The molecule has 0 saturated carbocycles. The summed E-state index contributed by atoms with van der Waals surface area (Å²) in [4.78, 5) is 24.9. The van der Waals surface area contributed by atoms with Crippen molar-refractivity contribution in [2.75, 3.05) is 25.0 Å². The summed E-state index contributed by atoms with van der Waals surface area (Å²) in [5, 5.41) is 11.5. The zero-order valence-electron chi connectivity index (χ0n) is 11.7. The summed E-state index contributed by atoms with van der Waals surface area (Å²) < 4.78 is 24.9. The first-order valence-electron chi connectivity index (χ1n) is 6.74. The SMILES string of the molecule is O=C(CN1CCC(C(=O)O)C1)Nc1ccccc1SC(F)F. The third-order valence-corrected chi connectivity index (χ3v) is 4.15. The third kappa shape index (κ3) is 4.67. The summed E-state index contributed by atoms with van der Waals surface area (Å²) >= 11 is 0.375. The van der Waals surface area contributed by atoms with Crippen LogP contribution in [0.5, 0.6) is 0 Å². The number of rotatable bonds is 6. The molecule has 1 heterocycles. The summed E-state index contributed by atoms with van der Waals surface area (Å²) in [6, 6.07) is 6.36. The fraction of sp³-hybridized carbons (Fsp3) is 0.429. The van der Waals surface area contributed by atoms with Crippen LogP contribution in [0.3, 0.4) is 0 Å². The number of carboxylic acids is 1. The molecule has 1 aliphatic heterocycles. The van der Waals surface area contributed by atoms with Gasteiger partial charge in [-0.3, -0.25) is 14.5 Å². The molecule has 120 valence electrons. The number of halogens is 2. The summed E-state index contributed by atoms with van der Waals surface area (Å²) in [6.45, 7) is 0.922. The molecule has 8 heteroatoms. The van der Waals surface area contributed by atoms with Gasteiger partial charge in [-0.15, -0.1) is 0 Å². The number of carbonyl (C=O) groups excluding carboxylic acids is 1. The van der Waals surface area contributed by atoms with E-state index in [0.717, 1.165) is 0 Å². The standard InChI is InChI=1S/C14H16F2N2O3S/c15-14(16)22-11-4-2-1-3-10(11)17-12(19)8-18-6-5-9(7-18)13(20)21/h1-4,9,14H,5-8H2,(H,17,19)(H,20,21). The average Bonchev–Trinajstić information content (AvgIpc) is 2.89. The first-order chi connectivity index (χ1) is 10.5. The molecule has 1 aromatic rings. The molecule has 0 bridgehead atoms. The second-order valence-corrected chi connectivity index (χ2v) is 6.01. The van der Waals surface area contributed by atoms with Gasteiger partial charge in [0, 0.05) is 11.4 Å². The highest BCUT2D eigenvalue weighted by atomic mass is 32.2. The highest BCUT2D eigenvalue weighted by Gasteiger charge is 2.29. The Bertz CT molecular complexity index is 557. The van der Waals surface area contributed by atoms with Crippen LogP contribution in [0, 0.1) is 5.92 Å². The second-order valence-electron chi connectivity index (χ2n) is 4.98. The minimum absolute atomic E-state index is 0.0530. The van der Waals surface area contributed by atoms with E-state index in [1.54, 1.807) is 23.1 Å². The maximum Gasteiger partial charge on any atom is 0.307 e. The molecule has 2 N–H and O–H groups in total. The number of nitrogens with zero attached hydrogens (tertiary/aromatic N) is 1. The van der Waals surface area contributed by atoms with Gasteiger partial charge in [-0.1, -0.05) is 23.9 Å². The predicted octanol–water partition coefficient (Wildman–Crippen LogP) is 2.35. The van der Waals surface area contributed by atoms with E-state index in [2.05, 4.69) is 5.32 Å². The molecule has 1 fully saturated rings. The van der Waals surface area contributed by atoms with Crippen molar-refractivity contribution < 1.29 is 23.5 Å². The van der Waals surface area contributed by atoms with E-state index in [9.17, 15) is 18.4 Å². The molecule has 5 nitrogen and oxygen atoms in total. The molecular formula is C14H16F2N2O3S. The zero-order valence-corrected chi connectivity index (χ0v) is 12.5. The van der Waals surface area contributed by atoms with Crippen LogP contribution in [0.2, 0.25) is 0 Å². The monoisotopic (exact) mass is 330 g/mol. The summed E-state index contributed by atoms with van der Waals surface area (Å²) in [6.07, 6.45) is 0.514. The van der Waals surface area contributed by atoms with E-state index >= 15 is 0 Å². The van der Waals surface area contributed by atoms with Crippen molar-refractivity contribution in [1.29, 1.82) is 0 Å². The number of carboxylic acid groups (broad SMARTS) is 1. The molecule has 1 aromatic carbocycles. The smallest absolute Gasteiger partial charge is 0.307 e. The molecule has 1 saturated heterocycles. The number of nitrogens with one attached hydrogen (secondary N) is 1. The van der Waals surface area contributed by atoms with E-state index < -0.39 is 17.6 Å². The van der Waals surface area contributed by atoms with Crippen molar-refractivity contribution in [3.05, 3.63) is 24.3 Å². The van der Waals surface area contributed by atoms with Crippen molar-refractivity contribution in [1.82, 2.24) is 4.90 Å². The van der Waals surface area contributed by atoms with Crippen molar-refractivity contribution >= 4 is 29.3 Å². The van der Waals surface area contributed by atoms with Gasteiger partial charge in [0.25, 0.3) is 5.76 Å². The van der Waals surface area contributed by atoms with E-state index in [-0.39, 0.29) is 12.5 Å². The normalized spacial score (nSPS) is 18.6. The van der Waals surface area contributed by atoms with Crippen molar-refractivity contribution in [3.8, 4) is 0 Å². The Labute approximate surface area is 130 Å². The number of hydrogen-bond acceptors (Lipinski definition) is 4. The topological polar surface area (TPSA) is 69.6 Å². The van der Waals surface area contributed by atoms with Gasteiger partial charge in [0.1, 0.15) is 0 Å². The Morgan fingerprint density at radius 2 is 2.14 bits per heavy atom. The lowest BCUT2D eigenvalue weighted by atomic mass is 10.1. The molecule has 1 atom stereocenters. The Hall–Kier alpha value is -1.67. The zero-order chi connectivity index (χ0) is 16.1. The lowest BCUT2D eigenvalue weighted by molar-refractivity contribution is -0.141. The Balaban J connectivity index is 1.91. The number of carbonyl (C=O) groups is 2. The van der Waals surface area contributed by atoms with Crippen molar-refractivity contribution in [3.63, 3.8) is 0 Å². The largest absolute Gasteiger partial charge is 0.481 e. The number of para-hydroxylation sites is 1. The maximum absolute atomic E-state index is 12.5. The van der Waals surface area contributed by atoms with Crippen LogP contribution < -0.4 is 5.32 Å². The van der Waals surface area contributed by atoms with E-state index in [1.807, 2.05) is 0 Å². The highest BCUT2D eigenvalue weighted by molar-refractivity contribution is 7.99. The predicted molar refractivity (Wildman–Crippen MR) is 79.1 cm³/mol. The van der Waals surface area contributed by atoms with Gasteiger partial charge >= 0.3 is 5.97 Å². The Kier molecular flexibility index (Phi) is 5.73.